The number of hydrogen-bond donors (Lipinski definition) is 2. The summed E-state index contributed by atoms with van der Waals surface area (Å²) < 4.78 is 5.43. The zero-order chi connectivity index (χ0) is 16.3. The first-order chi connectivity index (χ1) is 11.2. The lowest BCUT2D eigenvalue weighted by molar-refractivity contribution is -0.129. The van der Waals surface area contributed by atoms with Gasteiger partial charge < -0.3 is 15.2 Å². The van der Waals surface area contributed by atoms with Crippen LogP contribution in [-0.4, -0.2) is 24.7 Å². The van der Waals surface area contributed by atoms with E-state index in [1.54, 1.807) is 19.2 Å². The maximum Gasteiger partial charge on any atom is 0.253 e. The third-order valence-corrected chi connectivity index (χ3v) is 4.50. The summed E-state index contributed by atoms with van der Waals surface area (Å²) in [5, 5.41) is 13.0. The second kappa shape index (κ2) is 6.42. The number of amides is 1. The Morgan fingerprint density at radius 3 is 2.48 bits per heavy atom. The van der Waals surface area contributed by atoms with Gasteiger partial charge in [0.1, 0.15) is 5.75 Å². The van der Waals surface area contributed by atoms with Gasteiger partial charge in [-0.3, -0.25) is 4.79 Å². The molecule has 2 N–H and O–H groups in total. The number of hydrogen-bond acceptors (Lipinski definition) is 3. The van der Waals surface area contributed by atoms with Gasteiger partial charge in [0.25, 0.3) is 5.91 Å². The molecule has 1 saturated carbocycles. The summed E-state index contributed by atoms with van der Waals surface area (Å²) in [6.45, 7) is 0.510. The molecule has 1 fully saturated rings. The normalized spacial score (nSPS) is 16.4. The molecule has 4 heteroatoms. The van der Waals surface area contributed by atoms with Crippen LogP contribution < -0.4 is 10.1 Å². The Hall–Kier alpha value is -2.33. The molecule has 0 aliphatic heterocycles. The summed E-state index contributed by atoms with van der Waals surface area (Å²) in [5.74, 6) is 0.486. The molecule has 1 aliphatic rings. The minimum absolute atomic E-state index is 0.0708. The Labute approximate surface area is 136 Å². The van der Waals surface area contributed by atoms with Gasteiger partial charge in [-0.25, -0.2) is 0 Å². The van der Waals surface area contributed by atoms with Crippen molar-refractivity contribution in [1.29, 1.82) is 0 Å². The molecule has 0 heterocycles. The first-order valence-electron chi connectivity index (χ1n) is 7.80. The summed E-state index contributed by atoms with van der Waals surface area (Å²) >= 11 is 0. The number of para-hydroxylation sites is 1. The molecule has 3 rings (SSSR count). The number of rotatable bonds is 6. The fraction of sp³-hybridized carbons (Fsp3) is 0.316. The van der Waals surface area contributed by atoms with Crippen molar-refractivity contribution in [3.63, 3.8) is 0 Å². The first kappa shape index (κ1) is 15.6. The van der Waals surface area contributed by atoms with Gasteiger partial charge in [0, 0.05) is 17.5 Å². The number of nitrogens with one attached hydrogen (secondary N) is 1. The Bertz CT molecular complexity index is 680. The number of methoxy groups -OCH3 is 1. The van der Waals surface area contributed by atoms with Crippen LogP contribution in [0.1, 0.15) is 30.1 Å². The van der Waals surface area contributed by atoms with Gasteiger partial charge in [-0.1, -0.05) is 48.5 Å². The van der Waals surface area contributed by atoms with E-state index in [-0.39, 0.29) is 11.3 Å². The summed E-state index contributed by atoms with van der Waals surface area (Å²) in [5.41, 5.74) is 1.66. The van der Waals surface area contributed by atoms with E-state index >= 15 is 0 Å². The molecule has 0 aromatic heterocycles. The molecule has 0 saturated heterocycles. The molecule has 0 radical (unpaired) electrons. The first-order valence-corrected chi connectivity index (χ1v) is 7.80. The molecule has 1 atom stereocenters. The quantitative estimate of drug-likeness (QED) is 0.862. The predicted molar refractivity (Wildman–Crippen MR) is 88.3 cm³/mol. The second-order valence-electron chi connectivity index (χ2n) is 6.01. The standard InChI is InChI=1S/C19H21NO3/c1-23-16-10-6-5-9-15(16)19(11-12-19)13-20-18(22)17(21)14-7-3-2-4-8-14/h2-10,17,21H,11-13H2,1H3,(H,20,22). The lowest BCUT2D eigenvalue weighted by atomic mass is 9.94. The van der Waals surface area contributed by atoms with E-state index in [0.717, 1.165) is 24.2 Å². The van der Waals surface area contributed by atoms with Crippen molar-refractivity contribution in [3.8, 4) is 5.75 Å². The van der Waals surface area contributed by atoms with Gasteiger partial charge in [-0.15, -0.1) is 0 Å². The van der Waals surface area contributed by atoms with E-state index in [4.69, 9.17) is 4.74 Å². The minimum Gasteiger partial charge on any atom is -0.496 e. The Balaban J connectivity index is 1.67. The van der Waals surface area contributed by atoms with Gasteiger partial charge in [0.05, 0.1) is 7.11 Å². The Kier molecular flexibility index (Phi) is 4.35. The van der Waals surface area contributed by atoms with Crippen molar-refractivity contribution in [2.45, 2.75) is 24.4 Å². The molecule has 2 aromatic carbocycles. The fourth-order valence-corrected chi connectivity index (χ4v) is 2.91. The number of aliphatic hydroxyl groups excluding tert-OH is 1. The fourth-order valence-electron chi connectivity index (χ4n) is 2.91. The number of carbonyl (C=O) groups is 1. The van der Waals surface area contributed by atoms with Crippen molar-refractivity contribution in [2.75, 3.05) is 13.7 Å². The van der Waals surface area contributed by atoms with E-state index in [2.05, 4.69) is 5.32 Å². The molecule has 120 valence electrons. The van der Waals surface area contributed by atoms with E-state index in [9.17, 15) is 9.90 Å². The van der Waals surface area contributed by atoms with Gasteiger partial charge in [-0.05, 0) is 24.5 Å². The van der Waals surface area contributed by atoms with E-state index < -0.39 is 6.10 Å². The number of benzene rings is 2. The number of carbonyl (C=O) groups excluding carboxylic acids is 1. The van der Waals surface area contributed by atoms with Crippen molar-refractivity contribution < 1.29 is 14.6 Å². The van der Waals surface area contributed by atoms with Crippen molar-refractivity contribution >= 4 is 5.91 Å². The highest BCUT2D eigenvalue weighted by Gasteiger charge is 2.46. The van der Waals surface area contributed by atoms with Crippen LogP contribution in [0.25, 0.3) is 0 Å². The van der Waals surface area contributed by atoms with E-state index in [1.807, 2.05) is 42.5 Å². The third-order valence-electron chi connectivity index (χ3n) is 4.50. The maximum absolute atomic E-state index is 12.2. The number of ether oxygens (including phenoxy) is 1. The van der Waals surface area contributed by atoms with Crippen LogP contribution in [0.2, 0.25) is 0 Å². The summed E-state index contributed by atoms with van der Waals surface area (Å²) in [4.78, 5) is 12.2. The van der Waals surface area contributed by atoms with Crippen LogP contribution in [-0.2, 0) is 10.2 Å². The molecular weight excluding hydrogens is 290 g/mol. The predicted octanol–water partition coefficient (Wildman–Crippen LogP) is 2.58. The zero-order valence-corrected chi connectivity index (χ0v) is 13.2. The van der Waals surface area contributed by atoms with Crippen LogP contribution >= 0.6 is 0 Å². The largest absolute Gasteiger partial charge is 0.496 e. The van der Waals surface area contributed by atoms with E-state index in [1.165, 1.54) is 0 Å². The highest BCUT2D eigenvalue weighted by molar-refractivity contribution is 5.82. The lowest BCUT2D eigenvalue weighted by Crippen LogP contribution is -2.35. The third kappa shape index (κ3) is 3.22. The lowest BCUT2D eigenvalue weighted by Gasteiger charge is -2.20. The van der Waals surface area contributed by atoms with Crippen molar-refractivity contribution in [1.82, 2.24) is 5.32 Å². The smallest absolute Gasteiger partial charge is 0.253 e. The zero-order valence-electron chi connectivity index (χ0n) is 13.2. The van der Waals surface area contributed by atoms with Crippen molar-refractivity contribution in [3.05, 3.63) is 65.7 Å². The van der Waals surface area contributed by atoms with E-state index in [0.29, 0.717) is 12.1 Å². The topological polar surface area (TPSA) is 58.6 Å². The second-order valence-corrected chi connectivity index (χ2v) is 6.01. The Morgan fingerprint density at radius 1 is 1.17 bits per heavy atom. The molecule has 1 aliphatic carbocycles. The van der Waals surface area contributed by atoms with Crippen LogP contribution in [0.5, 0.6) is 5.75 Å². The van der Waals surface area contributed by atoms with Crippen LogP contribution in [0, 0.1) is 0 Å². The van der Waals surface area contributed by atoms with Crippen LogP contribution in [0.3, 0.4) is 0 Å². The molecule has 0 spiro atoms. The van der Waals surface area contributed by atoms with Crippen LogP contribution in [0.15, 0.2) is 54.6 Å². The molecular formula is C19H21NO3. The van der Waals surface area contributed by atoms with Gasteiger partial charge >= 0.3 is 0 Å². The van der Waals surface area contributed by atoms with Gasteiger partial charge in [0.2, 0.25) is 0 Å². The van der Waals surface area contributed by atoms with Crippen LogP contribution in [0.4, 0.5) is 0 Å². The summed E-state index contributed by atoms with van der Waals surface area (Å²) in [6.07, 6.45) is 0.883. The molecule has 1 amide bonds. The van der Waals surface area contributed by atoms with Gasteiger partial charge in [0.15, 0.2) is 6.10 Å². The monoisotopic (exact) mass is 311 g/mol. The maximum atomic E-state index is 12.2. The van der Waals surface area contributed by atoms with Gasteiger partial charge in [-0.2, -0.15) is 0 Å². The molecule has 0 bridgehead atoms. The number of aliphatic hydroxyl groups is 1. The average molecular weight is 311 g/mol. The molecule has 23 heavy (non-hydrogen) atoms. The summed E-state index contributed by atoms with van der Waals surface area (Å²) in [6, 6.07) is 16.9. The van der Waals surface area contributed by atoms with Crippen molar-refractivity contribution in [2.24, 2.45) is 0 Å². The molecule has 4 nitrogen and oxygen atoms in total. The highest BCUT2D eigenvalue weighted by atomic mass is 16.5. The Morgan fingerprint density at radius 2 is 1.83 bits per heavy atom. The SMILES string of the molecule is COc1ccccc1C1(CNC(=O)C(O)c2ccccc2)CC1. The summed E-state index contributed by atoms with van der Waals surface area (Å²) in [7, 11) is 1.66. The molecule has 1 unspecified atom stereocenters. The molecule has 2 aromatic rings. The minimum atomic E-state index is -1.13. The highest BCUT2D eigenvalue weighted by Crippen LogP contribution is 2.50. The average Bonchev–Trinajstić information content (AvgIpc) is 3.41.